The zero-order valence-corrected chi connectivity index (χ0v) is 10.6. The summed E-state index contributed by atoms with van der Waals surface area (Å²) in [5.41, 5.74) is 6.12. The maximum Gasteiger partial charge on any atom is 0.221 e. The lowest BCUT2D eigenvalue weighted by molar-refractivity contribution is -0.121. The third-order valence-corrected chi connectivity index (χ3v) is 2.95. The molecule has 0 bridgehead atoms. The van der Waals surface area contributed by atoms with E-state index in [0.29, 0.717) is 19.5 Å². The van der Waals surface area contributed by atoms with Gasteiger partial charge in [-0.25, -0.2) is 0 Å². The fourth-order valence-corrected chi connectivity index (χ4v) is 1.97. The van der Waals surface area contributed by atoms with Crippen LogP contribution >= 0.6 is 0 Å². The Balaban J connectivity index is 1.85. The van der Waals surface area contributed by atoms with Crippen molar-refractivity contribution in [3.63, 3.8) is 0 Å². The Hall–Kier alpha value is -2.30. The monoisotopic (exact) mass is 259 g/mol. The van der Waals surface area contributed by atoms with E-state index in [1.165, 1.54) is 0 Å². The van der Waals surface area contributed by atoms with Crippen LogP contribution in [0.5, 0.6) is 0 Å². The summed E-state index contributed by atoms with van der Waals surface area (Å²) in [6.07, 6.45) is 2.54. The lowest BCUT2D eigenvalue weighted by Crippen LogP contribution is -2.28. The zero-order valence-electron chi connectivity index (χ0n) is 10.6. The van der Waals surface area contributed by atoms with E-state index < -0.39 is 5.91 Å². The van der Waals surface area contributed by atoms with Crippen LogP contribution in [0.2, 0.25) is 0 Å². The summed E-state index contributed by atoms with van der Waals surface area (Å²) < 4.78 is 2.04. The van der Waals surface area contributed by atoms with Crippen LogP contribution in [0, 0.1) is 0 Å². The maximum atomic E-state index is 11.6. The molecule has 5 nitrogen and oxygen atoms in total. The molecular weight excluding hydrogens is 242 g/mol. The van der Waals surface area contributed by atoms with Crippen molar-refractivity contribution >= 4 is 22.7 Å². The highest BCUT2D eigenvalue weighted by Gasteiger charge is 2.04. The fourth-order valence-electron chi connectivity index (χ4n) is 1.97. The number of hydrogen-bond acceptors (Lipinski definition) is 2. The third-order valence-electron chi connectivity index (χ3n) is 2.95. The molecule has 0 saturated heterocycles. The maximum absolute atomic E-state index is 11.6. The Kier molecular flexibility index (Phi) is 4.18. The van der Waals surface area contributed by atoms with E-state index in [1.54, 1.807) is 0 Å². The summed E-state index contributed by atoms with van der Waals surface area (Å²) in [6.45, 7) is 0.927. The number of carbonyl (C=O) groups is 2. The van der Waals surface area contributed by atoms with Gasteiger partial charge in [-0.2, -0.15) is 0 Å². The van der Waals surface area contributed by atoms with E-state index in [4.69, 9.17) is 5.73 Å². The van der Waals surface area contributed by atoms with E-state index >= 15 is 0 Å². The molecule has 100 valence electrons. The van der Waals surface area contributed by atoms with Gasteiger partial charge in [0.05, 0.1) is 0 Å². The molecule has 1 aromatic heterocycles. The lowest BCUT2D eigenvalue weighted by atomic mass is 10.2. The fraction of sp³-hybridized carbons (Fsp3) is 0.286. The van der Waals surface area contributed by atoms with Gasteiger partial charge in [0.2, 0.25) is 11.8 Å². The number of nitrogens with one attached hydrogen (secondary N) is 1. The number of carbonyl (C=O) groups excluding carboxylic acids is 2. The zero-order chi connectivity index (χ0) is 13.7. The summed E-state index contributed by atoms with van der Waals surface area (Å²) in [5, 5.41) is 3.83. The molecule has 3 N–H and O–H groups in total. The number of aromatic nitrogens is 1. The molecule has 2 aromatic rings. The van der Waals surface area contributed by atoms with Crippen LogP contribution in [0.1, 0.15) is 12.8 Å². The predicted octanol–water partition coefficient (Wildman–Crippen LogP) is 1.02. The standard InChI is InChI=1S/C14H17N3O2/c15-13(18)5-8-16-14(19)7-10-17-9-6-11-3-1-2-4-12(11)17/h1-4,6,9H,5,7-8,10H2,(H2,15,18)(H,16,19). The molecule has 2 rings (SSSR count). The second kappa shape index (κ2) is 6.04. The van der Waals surface area contributed by atoms with E-state index in [-0.39, 0.29) is 12.3 Å². The van der Waals surface area contributed by atoms with Crippen LogP contribution in [0.3, 0.4) is 0 Å². The van der Waals surface area contributed by atoms with Crippen molar-refractivity contribution in [2.45, 2.75) is 19.4 Å². The van der Waals surface area contributed by atoms with Crippen LogP contribution in [0.15, 0.2) is 36.5 Å². The number of nitrogens with zero attached hydrogens (tertiary/aromatic N) is 1. The SMILES string of the molecule is NC(=O)CCNC(=O)CCn1ccc2ccccc21. The number of benzene rings is 1. The van der Waals surface area contributed by atoms with E-state index in [1.807, 2.05) is 41.1 Å². The van der Waals surface area contributed by atoms with Gasteiger partial charge in [0.1, 0.15) is 0 Å². The molecule has 2 amide bonds. The largest absolute Gasteiger partial charge is 0.370 e. The van der Waals surface area contributed by atoms with Crippen LogP contribution in [0.4, 0.5) is 0 Å². The van der Waals surface area contributed by atoms with E-state index in [0.717, 1.165) is 10.9 Å². The normalized spacial score (nSPS) is 10.5. The Morgan fingerprint density at radius 2 is 1.95 bits per heavy atom. The Morgan fingerprint density at radius 3 is 2.74 bits per heavy atom. The highest BCUT2D eigenvalue weighted by Crippen LogP contribution is 2.15. The van der Waals surface area contributed by atoms with Gasteiger partial charge in [0.25, 0.3) is 0 Å². The van der Waals surface area contributed by atoms with Crippen LogP contribution in [0.25, 0.3) is 10.9 Å². The van der Waals surface area contributed by atoms with Crippen LogP contribution in [-0.2, 0) is 16.1 Å². The minimum atomic E-state index is -0.406. The first-order valence-electron chi connectivity index (χ1n) is 6.25. The summed E-state index contributed by atoms with van der Waals surface area (Å²) in [6, 6.07) is 10.1. The molecule has 0 aliphatic carbocycles. The van der Waals surface area contributed by atoms with Crippen LogP contribution < -0.4 is 11.1 Å². The number of rotatable bonds is 6. The summed E-state index contributed by atoms with van der Waals surface area (Å²) in [5.74, 6) is -0.476. The molecule has 0 fully saturated rings. The van der Waals surface area contributed by atoms with Gasteiger partial charge in [0.15, 0.2) is 0 Å². The van der Waals surface area contributed by atoms with Crippen molar-refractivity contribution in [1.82, 2.24) is 9.88 Å². The van der Waals surface area contributed by atoms with Crippen molar-refractivity contribution < 1.29 is 9.59 Å². The van der Waals surface area contributed by atoms with E-state index in [9.17, 15) is 9.59 Å². The van der Waals surface area contributed by atoms with Crippen molar-refractivity contribution in [2.75, 3.05) is 6.54 Å². The number of fused-ring (bicyclic) bond motifs is 1. The Labute approximate surface area is 111 Å². The second-order valence-electron chi connectivity index (χ2n) is 4.38. The minimum Gasteiger partial charge on any atom is -0.370 e. The number of para-hydroxylation sites is 1. The van der Waals surface area contributed by atoms with Gasteiger partial charge in [0, 0.05) is 37.6 Å². The third kappa shape index (κ3) is 3.58. The first kappa shape index (κ1) is 13.1. The molecule has 0 atom stereocenters. The average molecular weight is 259 g/mol. The van der Waals surface area contributed by atoms with Gasteiger partial charge in [-0.15, -0.1) is 0 Å². The molecule has 5 heteroatoms. The molecule has 0 unspecified atom stereocenters. The Bertz CT molecular complexity index is 589. The molecule has 0 spiro atoms. The first-order valence-corrected chi connectivity index (χ1v) is 6.25. The molecule has 1 heterocycles. The number of aryl methyl sites for hydroxylation is 1. The smallest absolute Gasteiger partial charge is 0.221 e. The van der Waals surface area contributed by atoms with Gasteiger partial charge in [-0.1, -0.05) is 18.2 Å². The Morgan fingerprint density at radius 1 is 1.16 bits per heavy atom. The number of amides is 2. The topological polar surface area (TPSA) is 77.1 Å². The minimum absolute atomic E-state index is 0.0703. The number of hydrogen-bond donors (Lipinski definition) is 2. The van der Waals surface area contributed by atoms with Crippen molar-refractivity contribution in [2.24, 2.45) is 5.73 Å². The van der Waals surface area contributed by atoms with Crippen molar-refractivity contribution in [3.05, 3.63) is 36.5 Å². The van der Waals surface area contributed by atoms with Crippen molar-refractivity contribution in [1.29, 1.82) is 0 Å². The molecule has 1 aromatic carbocycles. The van der Waals surface area contributed by atoms with Gasteiger partial charge < -0.3 is 15.6 Å². The molecule has 0 saturated carbocycles. The predicted molar refractivity (Wildman–Crippen MR) is 73.4 cm³/mol. The number of nitrogens with two attached hydrogens (primary N) is 1. The van der Waals surface area contributed by atoms with Crippen LogP contribution in [-0.4, -0.2) is 22.9 Å². The van der Waals surface area contributed by atoms with Gasteiger partial charge in [-0.05, 0) is 17.5 Å². The number of primary amides is 1. The quantitative estimate of drug-likeness (QED) is 0.812. The molecule has 0 radical (unpaired) electrons. The van der Waals surface area contributed by atoms with Gasteiger partial charge >= 0.3 is 0 Å². The molecule has 19 heavy (non-hydrogen) atoms. The highest BCUT2D eigenvalue weighted by molar-refractivity contribution is 5.81. The first-order chi connectivity index (χ1) is 9.16. The molecule has 0 aliphatic rings. The second-order valence-corrected chi connectivity index (χ2v) is 4.38. The lowest BCUT2D eigenvalue weighted by Gasteiger charge is -2.06. The molecule has 0 aliphatic heterocycles. The van der Waals surface area contributed by atoms with Crippen molar-refractivity contribution in [3.8, 4) is 0 Å². The molecular formula is C14H17N3O2. The average Bonchev–Trinajstić information content (AvgIpc) is 2.79. The summed E-state index contributed by atoms with van der Waals surface area (Å²) in [4.78, 5) is 22.1. The van der Waals surface area contributed by atoms with E-state index in [2.05, 4.69) is 5.32 Å². The summed E-state index contributed by atoms with van der Waals surface area (Å²) in [7, 11) is 0. The summed E-state index contributed by atoms with van der Waals surface area (Å²) >= 11 is 0. The van der Waals surface area contributed by atoms with Gasteiger partial charge in [-0.3, -0.25) is 9.59 Å². The highest BCUT2D eigenvalue weighted by atomic mass is 16.2.